The van der Waals surface area contributed by atoms with Crippen LogP contribution in [0.15, 0.2) is 57.7 Å². The zero-order chi connectivity index (χ0) is 17.0. The summed E-state index contributed by atoms with van der Waals surface area (Å²) in [5.41, 5.74) is 3.53. The van der Waals surface area contributed by atoms with Crippen molar-refractivity contribution in [3.8, 4) is 11.4 Å². The van der Waals surface area contributed by atoms with Gasteiger partial charge in [0.2, 0.25) is 0 Å². The molecule has 0 saturated carbocycles. The monoisotopic (exact) mass is 331 g/mol. The van der Waals surface area contributed by atoms with Crippen molar-refractivity contribution in [1.82, 2.24) is 9.97 Å². The number of benzene rings is 2. The Kier molecular flexibility index (Phi) is 2.98. The summed E-state index contributed by atoms with van der Waals surface area (Å²) in [5, 5.41) is 0.896. The molecule has 25 heavy (non-hydrogen) atoms. The van der Waals surface area contributed by atoms with Gasteiger partial charge >= 0.3 is 5.63 Å². The maximum Gasteiger partial charge on any atom is 0.347 e. The summed E-state index contributed by atoms with van der Waals surface area (Å²) in [7, 11) is 0. The van der Waals surface area contributed by atoms with E-state index in [0.717, 1.165) is 41.1 Å². The molecule has 5 nitrogen and oxygen atoms in total. The van der Waals surface area contributed by atoms with E-state index in [1.165, 1.54) is 0 Å². The number of aromatic nitrogens is 2. The van der Waals surface area contributed by atoms with Crippen LogP contribution in [0.4, 0.5) is 5.69 Å². The van der Waals surface area contributed by atoms with Gasteiger partial charge in [-0.1, -0.05) is 19.1 Å². The van der Waals surface area contributed by atoms with Crippen molar-refractivity contribution in [2.24, 2.45) is 5.92 Å². The van der Waals surface area contributed by atoms with Gasteiger partial charge in [0.15, 0.2) is 0 Å². The maximum atomic E-state index is 12.5. The molecule has 0 spiro atoms. The zero-order valence-electron chi connectivity index (χ0n) is 13.8. The largest absolute Gasteiger partial charge is 0.422 e. The van der Waals surface area contributed by atoms with Gasteiger partial charge in [-0.3, -0.25) is 0 Å². The number of imidazole rings is 1. The summed E-state index contributed by atoms with van der Waals surface area (Å²) in [5.74, 6) is 1.26. The van der Waals surface area contributed by atoms with E-state index in [4.69, 9.17) is 4.42 Å². The van der Waals surface area contributed by atoms with E-state index in [9.17, 15) is 4.79 Å². The summed E-state index contributed by atoms with van der Waals surface area (Å²) in [6.07, 6.45) is 0. The molecule has 1 saturated heterocycles. The Morgan fingerprint density at radius 1 is 1.16 bits per heavy atom. The van der Waals surface area contributed by atoms with Crippen molar-refractivity contribution in [3.63, 3.8) is 0 Å². The van der Waals surface area contributed by atoms with Crippen molar-refractivity contribution < 1.29 is 4.42 Å². The fourth-order valence-corrected chi connectivity index (χ4v) is 3.45. The van der Waals surface area contributed by atoms with Crippen LogP contribution < -0.4 is 10.5 Å². The number of hydrogen-bond donors (Lipinski definition) is 1. The van der Waals surface area contributed by atoms with Crippen LogP contribution in [-0.4, -0.2) is 23.1 Å². The van der Waals surface area contributed by atoms with Crippen LogP contribution in [0.2, 0.25) is 0 Å². The Hall–Kier alpha value is -3.08. The molecule has 5 rings (SSSR count). The number of anilines is 1. The molecule has 5 heteroatoms. The molecule has 0 bridgehead atoms. The van der Waals surface area contributed by atoms with Gasteiger partial charge < -0.3 is 14.3 Å². The lowest BCUT2D eigenvalue weighted by Crippen LogP contribution is -2.45. The molecule has 1 N–H and O–H groups in total. The van der Waals surface area contributed by atoms with Crippen LogP contribution in [0.1, 0.15) is 6.92 Å². The van der Waals surface area contributed by atoms with Crippen molar-refractivity contribution >= 4 is 27.7 Å². The molecule has 1 aliphatic heterocycles. The number of nitrogens with zero attached hydrogens (tertiary/aromatic N) is 2. The minimum atomic E-state index is -0.374. The molecule has 0 amide bonds. The van der Waals surface area contributed by atoms with Crippen LogP contribution in [0.3, 0.4) is 0 Å². The fraction of sp³-hybridized carbons (Fsp3) is 0.200. The Labute approximate surface area is 143 Å². The number of para-hydroxylation sites is 2. The number of fused-ring (bicyclic) bond motifs is 2. The Morgan fingerprint density at radius 3 is 2.80 bits per heavy atom. The van der Waals surface area contributed by atoms with Crippen LogP contribution in [0.5, 0.6) is 0 Å². The Bertz CT molecular complexity index is 1120. The Morgan fingerprint density at radius 2 is 2.00 bits per heavy atom. The van der Waals surface area contributed by atoms with E-state index < -0.39 is 0 Å². The topological polar surface area (TPSA) is 62.1 Å². The minimum Gasteiger partial charge on any atom is -0.422 e. The molecule has 3 heterocycles. The molecular weight excluding hydrogens is 314 g/mol. The zero-order valence-corrected chi connectivity index (χ0v) is 13.8. The van der Waals surface area contributed by atoms with E-state index in [0.29, 0.717) is 17.0 Å². The van der Waals surface area contributed by atoms with E-state index >= 15 is 0 Å². The normalized spacial score (nSPS) is 15.0. The van der Waals surface area contributed by atoms with Crippen LogP contribution in [0.25, 0.3) is 33.4 Å². The number of aromatic amines is 1. The van der Waals surface area contributed by atoms with Gasteiger partial charge in [0, 0.05) is 30.2 Å². The SMILES string of the molecule is CC1CN(c2ccc3cc(-c4nc5ccccc5[nH]4)c(=O)oc3c2)C1. The average molecular weight is 331 g/mol. The lowest BCUT2D eigenvalue weighted by molar-refractivity contribution is 0.447. The summed E-state index contributed by atoms with van der Waals surface area (Å²) in [6.45, 7) is 4.33. The van der Waals surface area contributed by atoms with E-state index in [1.807, 2.05) is 42.5 Å². The van der Waals surface area contributed by atoms with E-state index in [1.54, 1.807) is 0 Å². The summed E-state index contributed by atoms with van der Waals surface area (Å²) in [6, 6.07) is 15.6. The highest BCUT2D eigenvalue weighted by molar-refractivity contribution is 5.85. The Balaban J connectivity index is 1.61. The number of nitrogens with one attached hydrogen (secondary N) is 1. The highest BCUT2D eigenvalue weighted by atomic mass is 16.4. The predicted octanol–water partition coefficient (Wildman–Crippen LogP) is 3.79. The van der Waals surface area contributed by atoms with Crippen molar-refractivity contribution in [2.45, 2.75) is 6.92 Å². The van der Waals surface area contributed by atoms with Gasteiger partial charge in [0.05, 0.1) is 11.0 Å². The quantitative estimate of drug-likeness (QED) is 0.568. The van der Waals surface area contributed by atoms with Crippen LogP contribution in [0, 0.1) is 5.92 Å². The van der Waals surface area contributed by atoms with Crippen molar-refractivity contribution in [2.75, 3.05) is 18.0 Å². The molecule has 4 aromatic rings. The molecule has 2 aromatic carbocycles. The first-order chi connectivity index (χ1) is 12.2. The first-order valence-electron chi connectivity index (χ1n) is 8.45. The first kappa shape index (κ1) is 14.3. The van der Waals surface area contributed by atoms with E-state index in [2.05, 4.69) is 27.9 Å². The third-order valence-electron chi connectivity index (χ3n) is 4.79. The van der Waals surface area contributed by atoms with Crippen LogP contribution in [-0.2, 0) is 0 Å². The van der Waals surface area contributed by atoms with Gasteiger partial charge in [-0.15, -0.1) is 0 Å². The molecule has 1 fully saturated rings. The molecule has 0 radical (unpaired) electrons. The average Bonchev–Trinajstić information content (AvgIpc) is 3.01. The molecule has 0 unspecified atom stereocenters. The van der Waals surface area contributed by atoms with Gasteiger partial charge in [0.1, 0.15) is 17.0 Å². The highest BCUT2D eigenvalue weighted by Crippen LogP contribution is 2.28. The fourth-order valence-electron chi connectivity index (χ4n) is 3.45. The minimum absolute atomic E-state index is 0.374. The highest BCUT2D eigenvalue weighted by Gasteiger charge is 2.23. The van der Waals surface area contributed by atoms with Gasteiger partial charge in [-0.25, -0.2) is 9.78 Å². The van der Waals surface area contributed by atoms with E-state index in [-0.39, 0.29) is 5.63 Å². The number of hydrogen-bond acceptors (Lipinski definition) is 4. The molecule has 124 valence electrons. The summed E-state index contributed by atoms with van der Waals surface area (Å²) in [4.78, 5) is 22.5. The second-order valence-corrected chi connectivity index (χ2v) is 6.78. The maximum absolute atomic E-state index is 12.5. The second-order valence-electron chi connectivity index (χ2n) is 6.78. The smallest absolute Gasteiger partial charge is 0.347 e. The van der Waals surface area contributed by atoms with Gasteiger partial charge in [0.25, 0.3) is 0 Å². The lowest BCUT2D eigenvalue weighted by Gasteiger charge is -2.39. The third-order valence-corrected chi connectivity index (χ3v) is 4.79. The van der Waals surface area contributed by atoms with Crippen molar-refractivity contribution in [3.05, 3.63) is 59.0 Å². The number of H-pyrrole nitrogens is 1. The third kappa shape index (κ3) is 2.31. The molecule has 0 atom stereocenters. The first-order valence-corrected chi connectivity index (χ1v) is 8.45. The summed E-state index contributed by atoms with van der Waals surface area (Å²) < 4.78 is 5.59. The van der Waals surface area contributed by atoms with Crippen molar-refractivity contribution in [1.29, 1.82) is 0 Å². The molecular formula is C20H17N3O2. The predicted molar refractivity (Wildman–Crippen MR) is 98.9 cm³/mol. The second kappa shape index (κ2) is 5.21. The van der Waals surface area contributed by atoms with Gasteiger partial charge in [-0.05, 0) is 36.2 Å². The molecule has 1 aliphatic rings. The lowest BCUT2D eigenvalue weighted by atomic mass is 10.0. The standard InChI is InChI=1S/C20H17N3O2/c1-12-10-23(11-12)14-7-6-13-8-15(20(24)25-18(13)9-14)19-21-16-4-2-3-5-17(16)22-19/h2-9,12H,10-11H2,1H3,(H,21,22). The molecule has 2 aromatic heterocycles. The number of rotatable bonds is 2. The van der Waals surface area contributed by atoms with Gasteiger partial charge in [-0.2, -0.15) is 0 Å². The molecule has 0 aliphatic carbocycles. The summed E-state index contributed by atoms with van der Waals surface area (Å²) >= 11 is 0. The van der Waals surface area contributed by atoms with Crippen LogP contribution >= 0.6 is 0 Å².